The van der Waals surface area contributed by atoms with E-state index in [1.807, 2.05) is 12.1 Å². The number of fused-ring (bicyclic) bond motifs is 1. The highest BCUT2D eigenvalue weighted by Crippen LogP contribution is 2.43. The minimum Gasteiger partial charge on any atom is -0.493 e. The third-order valence-corrected chi connectivity index (χ3v) is 7.58. The van der Waals surface area contributed by atoms with Gasteiger partial charge in [-0.05, 0) is 61.5 Å². The zero-order chi connectivity index (χ0) is 22.8. The standard InChI is InChI=1S/C25H28N4O3S/c1-31-20-9-8-19(15-21(20)32-2)22(23-24(30)29-25(33-23)26-16-27-29)28-12-10-18(11-13-28)14-17-6-4-3-5-7-17/h3-9,15-16,18,22,30H,10-14H2,1-2H3/t22-/m0/s1. The van der Waals surface area contributed by atoms with Crippen LogP contribution in [0.4, 0.5) is 0 Å². The molecule has 7 nitrogen and oxygen atoms in total. The monoisotopic (exact) mass is 464 g/mol. The summed E-state index contributed by atoms with van der Waals surface area (Å²) in [5.41, 5.74) is 2.45. The number of ether oxygens (including phenoxy) is 2. The van der Waals surface area contributed by atoms with Crippen molar-refractivity contribution in [2.45, 2.75) is 25.3 Å². The summed E-state index contributed by atoms with van der Waals surface area (Å²) >= 11 is 1.48. The lowest BCUT2D eigenvalue weighted by Gasteiger charge is -2.37. The molecule has 0 aliphatic carbocycles. The molecule has 3 heterocycles. The summed E-state index contributed by atoms with van der Waals surface area (Å²) in [5.74, 6) is 2.18. The van der Waals surface area contributed by atoms with Crippen molar-refractivity contribution in [2.75, 3.05) is 27.3 Å². The number of rotatable bonds is 7. The number of methoxy groups -OCH3 is 2. The number of aromatic nitrogens is 3. The third-order valence-electron chi connectivity index (χ3n) is 6.49. The number of nitrogens with zero attached hydrogens (tertiary/aromatic N) is 4. The summed E-state index contributed by atoms with van der Waals surface area (Å²) in [6.45, 7) is 1.90. The van der Waals surface area contributed by atoms with Crippen LogP contribution in [0.3, 0.4) is 0 Å². The molecule has 0 radical (unpaired) electrons. The van der Waals surface area contributed by atoms with E-state index in [1.165, 1.54) is 27.7 Å². The molecule has 0 unspecified atom stereocenters. The van der Waals surface area contributed by atoms with Crippen LogP contribution in [-0.4, -0.2) is 51.9 Å². The number of hydrogen-bond acceptors (Lipinski definition) is 7. The van der Waals surface area contributed by atoms with Gasteiger partial charge in [-0.15, -0.1) is 0 Å². The van der Waals surface area contributed by atoms with E-state index in [4.69, 9.17) is 9.47 Å². The second-order valence-electron chi connectivity index (χ2n) is 8.43. The summed E-state index contributed by atoms with van der Waals surface area (Å²) < 4.78 is 12.5. The lowest BCUT2D eigenvalue weighted by atomic mass is 9.88. The molecule has 5 rings (SSSR count). The van der Waals surface area contributed by atoms with Crippen LogP contribution in [0, 0.1) is 5.92 Å². The third kappa shape index (κ3) is 4.28. The maximum atomic E-state index is 11.0. The molecule has 4 aromatic rings. The van der Waals surface area contributed by atoms with E-state index < -0.39 is 0 Å². The van der Waals surface area contributed by atoms with E-state index in [0.717, 1.165) is 42.8 Å². The van der Waals surface area contributed by atoms with Crippen molar-refractivity contribution < 1.29 is 14.6 Å². The first-order valence-corrected chi connectivity index (χ1v) is 12.0. The van der Waals surface area contributed by atoms with Crippen molar-refractivity contribution in [1.29, 1.82) is 0 Å². The second kappa shape index (κ2) is 9.41. The fourth-order valence-electron chi connectivity index (χ4n) is 4.79. The molecular formula is C25H28N4O3S. The van der Waals surface area contributed by atoms with Gasteiger partial charge in [0.05, 0.1) is 25.1 Å². The van der Waals surface area contributed by atoms with Gasteiger partial charge < -0.3 is 14.6 Å². The lowest BCUT2D eigenvalue weighted by molar-refractivity contribution is 0.150. The first kappa shape index (κ1) is 21.7. The summed E-state index contributed by atoms with van der Waals surface area (Å²) in [6.07, 6.45) is 4.80. The lowest BCUT2D eigenvalue weighted by Crippen LogP contribution is -2.37. The highest BCUT2D eigenvalue weighted by molar-refractivity contribution is 7.17. The van der Waals surface area contributed by atoms with Crippen LogP contribution >= 0.6 is 11.3 Å². The molecular weight excluding hydrogens is 436 g/mol. The summed E-state index contributed by atoms with van der Waals surface area (Å²) in [6, 6.07) is 16.6. The molecule has 33 heavy (non-hydrogen) atoms. The van der Waals surface area contributed by atoms with Gasteiger partial charge in [-0.25, -0.2) is 4.98 Å². The Hall–Kier alpha value is -3.10. The zero-order valence-electron chi connectivity index (χ0n) is 18.8. The van der Waals surface area contributed by atoms with Gasteiger partial charge in [-0.3, -0.25) is 4.90 Å². The number of thiazole rings is 1. The van der Waals surface area contributed by atoms with Gasteiger partial charge >= 0.3 is 0 Å². The molecule has 172 valence electrons. The van der Waals surface area contributed by atoms with Crippen molar-refractivity contribution in [1.82, 2.24) is 19.5 Å². The Morgan fingerprint density at radius 3 is 2.52 bits per heavy atom. The van der Waals surface area contributed by atoms with Gasteiger partial charge in [-0.2, -0.15) is 9.61 Å². The molecule has 1 saturated heterocycles. The van der Waals surface area contributed by atoms with Crippen LogP contribution in [0.15, 0.2) is 54.9 Å². The first-order valence-electron chi connectivity index (χ1n) is 11.2. The minimum absolute atomic E-state index is 0.115. The highest BCUT2D eigenvalue weighted by Gasteiger charge is 2.32. The average Bonchev–Trinajstić information content (AvgIpc) is 3.44. The van der Waals surface area contributed by atoms with Gasteiger partial charge in [0.1, 0.15) is 6.33 Å². The van der Waals surface area contributed by atoms with Crippen LogP contribution in [0.25, 0.3) is 4.96 Å². The quantitative estimate of drug-likeness (QED) is 0.432. The summed E-state index contributed by atoms with van der Waals surface area (Å²) in [7, 11) is 3.28. The smallest absolute Gasteiger partial charge is 0.230 e. The summed E-state index contributed by atoms with van der Waals surface area (Å²) in [4.78, 5) is 8.27. The molecule has 2 aromatic carbocycles. The Kier molecular flexibility index (Phi) is 6.20. The summed E-state index contributed by atoms with van der Waals surface area (Å²) in [5, 5.41) is 15.2. The zero-order valence-corrected chi connectivity index (χ0v) is 19.7. The van der Waals surface area contributed by atoms with Crippen LogP contribution in [0.5, 0.6) is 17.4 Å². The molecule has 2 aromatic heterocycles. The molecule has 8 heteroatoms. The van der Waals surface area contributed by atoms with E-state index in [2.05, 4.69) is 51.4 Å². The molecule has 1 fully saturated rings. The average molecular weight is 465 g/mol. The highest BCUT2D eigenvalue weighted by atomic mass is 32.1. The van der Waals surface area contributed by atoms with E-state index in [-0.39, 0.29) is 11.9 Å². The molecule has 0 spiro atoms. The maximum Gasteiger partial charge on any atom is 0.230 e. The Bertz CT molecular complexity index is 1220. The number of benzene rings is 2. The van der Waals surface area contributed by atoms with E-state index in [1.54, 1.807) is 14.2 Å². The number of piperidine rings is 1. The fourth-order valence-corrected chi connectivity index (χ4v) is 5.88. The van der Waals surface area contributed by atoms with Gasteiger partial charge in [0, 0.05) is 0 Å². The number of likely N-dealkylation sites (tertiary alicyclic amines) is 1. The topological polar surface area (TPSA) is 72.1 Å². The van der Waals surface area contributed by atoms with Gasteiger partial charge in [-0.1, -0.05) is 47.7 Å². The Labute approximate surface area is 197 Å². The molecule has 1 aliphatic heterocycles. The maximum absolute atomic E-state index is 11.0. The molecule has 1 N–H and O–H groups in total. The SMILES string of the molecule is COc1ccc([C@@H](c2sc3ncnn3c2O)N2CCC(Cc3ccccc3)CC2)cc1OC. The predicted molar refractivity (Wildman–Crippen MR) is 128 cm³/mol. The first-order chi connectivity index (χ1) is 16.2. The Balaban J connectivity index is 1.45. The van der Waals surface area contributed by atoms with Crippen molar-refractivity contribution in [3.05, 3.63) is 70.9 Å². The van der Waals surface area contributed by atoms with Crippen LogP contribution in [0.1, 0.15) is 34.9 Å². The Morgan fingerprint density at radius 2 is 1.82 bits per heavy atom. The second-order valence-corrected chi connectivity index (χ2v) is 9.44. The molecule has 0 saturated carbocycles. The predicted octanol–water partition coefficient (Wildman–Crippen LogP) is 4.56. The van der Waals surface area contributed by atoms with Crippen molar-refractivity contribution in [3.8, 4) is 17.4 Å². The molecule has 1 atom stereocenters. The number of hydrogen-bond donors (Lipinski definition) is 1. The van der Waals surface area contributed by atoms with Crippen LogP contribution < -0.4 is 9.47 Å². The van der Waals surface area contributed by atoms with Crippen molar-refractivity contribution in [3.63, 3.8) is 0 Å². The fraction of sp³-hybridized carbons (Fsp3) is 0.360. The van der Waals surface area contributed by atoms with E-state index >= 15 is 0 Å². The normalized spacial score (nSPS) is 16.2. The molecule has 0 bridgehead atoms. The molecule has 1 aliphatic rings. The minimum atomic E-state index is -0.115. The van der Waals surface area contributed by atoms with Gasteiger partial charge in [0.15, 0.2) is 11.5 Å². The number of aromatic hydroxyl groups is 1. The largest absolute Gasteiger partial charge is 0.493 e. The van der Waals surface area contributed by atoms with Crippen molar-refractivity contribution >= 4 is 16.3 Å². The molecule has 0 amide bonds. The van der Waals surface area contributed by atoms with Crippen LogP contribution in [-0.2, 0) is 6.42 Å². The van der Waals surface area contributed by atoms with Gasteiger partial charge in [0.2, 0.25) is 10.8 Å². The van der Waals surface area contributed by atoms with Crippen molar-refractivity contribution in [2.24, 2.45) is 5.92 Å². The van der Waals surface area contributed by atoms with E-state index in [0.29, 0.717) is 22.4 Å². The van der Waals surface area contributed by atoms with Crippen LogP contribution in [0.2, 0.25) is 0 Å². The van der Waals surface area contributed by atoms with Gasteiger partial charge in [0.25, 0.3) is 0 Å². The Morgan fingerprint density at radius 1 is 1.06 bits per heavy atom. The van der Waals surface area contributed by atoms with E-state index in [9.17, 15) is 5.11 Å².